The molecular formula is C14H26N2. The van der Waals surface area contributed by atoms with Crippen molar-refractivity contribution >= 4 is 0 Å². The average molecular weight is 222 g/mol. The molecule has 0 aromatic carbocycles. The molecule has 0 saturated heterocycles. The molecule has 3 aliphatic rings. The van der Waals surface area contributed by atoms with Crippen LogP contribution in [0.4, 0.5) is 0 Å². The molecule has 16 heavy (non-hydrogen) atoms. The number of nitrogens with two attached hydrogens (primary N) is 1. The van der Waals surface area contributed by atoms with Crippen LogP contribution >= 0.6 is 0 Å². The lowest BCUT2D eigenvalue weighted by Gasteiger charge is -2.27. The molecule has 0 heterocycles. The second kappa shape index (κ2) is 3.71. The molecule has 0 aromatic rings. The van der Waals surface area contributed by atoms with E-state index < -0.39 is 0 Å². The lowest BCUT2D eigenvalue weighted by molar-refractivity contribution is 0.349. The Morgan fingerprint density at radius 1 is 1.12 bits per heavy atom. The Hall–Kier alpha value is -0.0800. The topological polar surface area (TPSA) is 38.0 Å². The van der Waals surface area contributed by atoms with Gasteiger partial charge in [0.25, 0.3) is 0 Å². The Balaban J connectivity index is 1.52. The van der Waals surface area contributed by atoms with Crippen LogP contribution in [0, 0.1) is 23.7 Å². The molecule has 3 saturated carbocycles. The fourth-order valence-corrected chi connectivity index (χ4v) is 4.42. The van der Waals surface area contributed by atoms with Gasteiger partial charge in [0.2, 0.25) is 0 Å². The summed E-state index contributed by atoms with van der Waals surface area (Å²) in [6, 6.07) is 0.840. The highest BCUT2D eigenvalue weighted by atomic mass is 15.0. The first-order valence-electron chi connectivity index (χ1n) is 7.21. The van der Waals surface area contributed by atoms with E-state index in [1.54, 1.807) is 6.42 Å². The van der Waals surface area contributed by atoms with Crippen LogP contribution in [0.1, 0.15) is 46.0 Å². The molecule has 0 aromatic heterocycles. The van der Waals surface area contributed by atoms with E-state index in [0.29, 0.717) is 0 Å². The van der Waals surface area contributed by atoms with Gasteiger partial charge in [0, 0.05) is 18.1 Å². The summed E-state index contributed by atoms with van der Waals surface area (Å²) in [4.78, 5) is 0. The van der Waals surface area contributed by atoms with Gasteiger partial charge in [0.1, 0.15) is 0 Å². The fourth-order valence-electron chi connectivity index (χ4n) is 4.42. The molecule has 2 heteroatoms. The van der Waals surface area contributed by atoms with Crippen molar-refractivity contribution in [2.75, 3.05) is 6.54 Å². The van der Waals surface area contributed by atoms with Gasteiger partial charge in [-0.2, -0.15) is 0 Å². The zero-order valence-electron chi connectivity index (χ0n) is 10.7. The van der Waals surface area contributed by atoms with Crippen molar-refractivity contribution in [3.63, 3.8) is 0 Å². The molecule has 3 N–H and O–H groups in total. The van der Waals surface area contributed by atoms with Gasteiger partial charge in [0.05, 0.1) is 0 Å². The van der Waals surface area contributed by atoms with E-state index in [2.05, 4.69) is 19.2 Å². The van der Waals surface area contributed by atoms with Gasteiger partial charge in [-0.3, -0.25) is 0 Å². The van der Waals surface area contributed by atoms with Crippen molar-refractivity contribution in [3.8, 4) is 0 Å². The van der Waals surface area contributed by atoms with E-state index in [0.717, 1.165) is 49.1 Å². The van der Waals surface area contributed by atoms with Gasteiger partial charge in [-0.1, -0.05) is 13.8 Å². The first-order valence-corrected chi connectivity index (χ1v) is 7.21. The predicted molar refractivity (Wildman–Crippen MR) is 67.1 cm³/mol. The number of rotatable bonds is 5. The lowest BCUT2D eigenvalue weighted by Crippen LogP contribution is -2.49. The molecule has 3 rings (SSSR count). The van der Waals surface area contributed by atoms with E-state index in [-0.39, 0.29) is 5.54 Å². The minimum absolute atomic E-state index is 0.0376. The van der Waals surface area contributed by atoms with Gasteiger partial charge in [0.15, 0.2) is 0 Å². The number of fused-ring (bicyclic) bond motifs is 5. The second-order valence-electron chi connectivity index (χ2n) is 6.46. The Morgan fingerprint density at radius 2 is 1.69 bits per heavy atom. The van der Waals surface area contributed by atoms with Crippen LogP contribution in [0.5, 0.6) is 0 Å². The van der Waals surface area contributed by atoms with Crippen LogP contribution in [0.2, 0.25) is 0 Å². The third kappa shape index (κ3) is 1.53. The van der Waals surface area contributed by atoms with E-state index >= 15 is 0 Å². The van der Waals surface area contributed by atoms with Gasteiger partial charge < -0.3 is 11.1 Å². The average Bonchev–Trinajstić information content (AvgIpc) is 2.71. The molecular weight excluding hydrogens is 196 g/mol. The Kier molecular flexibility index (Phi) is 2.56. The predicted octanol–water partition coefficient (Wildman–Crippen LogP) is 2.14. The summed E-state index contributed by atoms with van der Waals surface area (Å²) in [6.07, 6.45) is 6.75. The lowest BCUT2D eigenvalue weighted by atomic mass is 9.94. The maximum Gasteiger partial charge on any atom is 0.0275 e. The zero-order valence-corrected chi connectivity index (χ0v) is 10.7. The first kappa shape index (κ1) is 11.0. The van der Waals surface area contributed by atoms with Crippen LogP contribution in [-0.2, 0) is 0 Å². The van der Waals surface area contributed by atoms with Gasteiger partial charge in [-0.05, 0) is 55.8 Å². The summed E-state index contributed by atoms with van der Waals surface area (Å²) in [5.41, 5.74) is 6.38. The summed E-state index contributed by atoms with van der Waals surface area (Å²) in [7, 11) is 0. The molecule has 3 aliphatic carbocycles. The van der Waals surface area contributed by atoms with E-state index in [9.17, 15) is 0 Å². The molecule has 0 radical (unpaired) electrons. The quantitative estimate of drug-likeness (QED) is 0.748. The Labute approximate surface area is 99.4 Å². The van der Waals surface area contributed by atoms with Gasteiger partial charge in [-0.15, -0.1) is 0 Å². The maximum absolute atomic E-state index is 6.35. The molecule has 92 valence electrons. The number of nitrogens with one attached hydrogen (secondary N) is 1. The second-order valence-corrected chi connectivity index (χ2v) is 6.46. The van der Waals surface area contributed by atoms with Crippen molar-refractivity contribution < 1.29 is 0 Å². The molecule has 0 amide bonds. The van der Waals surface area contributed by atoms with Crippen molar-refractivity contribution in [1.29, 1.82) is 0 Å². The normalized spacial score (nSPS) is 44.8. The fraction of sp³-hybridized carbons (Fsp3) is 1.00. The standard InChI is InChI=1S/C14H26N2/c1-3-14(15,4-2)8-16-13-11-9-5-6-10(7-9)12(11)13/h9-13,16H,3-8,15H2,1-2H3. The minimum atomic E-state index is 0.0376. The van der Waals surface area contributed by atoms with Gasteiger partial charge in [-0.25, -0.2) is 0 Å². The Bertz CT molecular complexity index is 256. The summed E-state index contributed by atoms with van der Waals surface area (Å²) < 4.78 is 0. The monoisotopic (exact) mass is 222 g/mol. The SMILES string of the molecule is CCC(N)(CC)CNC1C2C3CCC(C3)C12. The maximum atomic E-state index is 6.35. The van der Waals surface area contributed by atoms with Crippen molar-refractivity contribution in [1.82, 2.24) is 5.32 Å². The van der Waals surface area contributed by atoms with E-state index in [1.807, 2.05) is 0 Å². The Morgan fingerprint density at radius 3 is 2.19 bits per heavy atom. The summed E-state index contributed by atoms with van der Waals surface area (Å²) >= 11 is 0. The smallest absolute Gasteiger partial charge is 0.0275 e. The third-order valence-electron chi connectivity index (χ3n) is 5.83. The van der Waals surface area contributed by atoms with Crippen LogP contribution in [0.25, 0.3) is 0 Å². The highest BCUT2D eigenvalue weighted by molar-refractivity contribution is 5.17. The number of hydrogen-bond donors (Lipinski definition) is 2. The summed E-state index contributed by atoms with van der Waals surface area (Å²) in [6.45, 7) is 5.45. The molecule has 0 spiro atoms. The van der Waals surface area contributed by atoms with E-state index in [4.69, 9.17) is 5.73 Å². The van der Waals surface area contributed by atoms with Crippen LogP contribution in [-0.4, -0.2) is 18.1 Å². The van der Waals surface area contributed by atoms with Crippen molar-refractivity contribution in [2.45, 2.75) is 57.5 Å². The first-order chi connectivity index (χ1) is 7.68. The van der Waals surface area contributed by atoms with E-state index in [1.165, 1.54) is 12.8 Å². The van der Waals surface area contributed by atoms with Crippen LogP contribution in [0.15, 0.2) is 0 Å². The highest BCUT2D eigenvalue weighted by Crippen LogP contribution is 2.65. The van der Waals surface area contributed by atoms with Crippen molar-refractivity contribution in [3.05, 3.63) is 0 Å². The molecule has 4 atom stereocenters. The molecule has 3 fully saturated rings. The summed E-state index contributed by atoms with van der Waals surface area (Å²) in [5, 5.41) is 3.78. The third-order valence-corrected chi connectivity index (χ3v) is 5.83. The molecule has 0 aliphatic heterocycles. The minimum Gasteiger partial charge on any atom is -0.324 e. The molecule has 2 nitrogen and oxygen atoms in total. The van der Waals surface area contributed by atoms with Crippen LogP contribution < -0.4 is 11.1 Å². The van der Waals surface area contributed by atoms with Crippen molar-refractivity contribution in [2.24, 2.45) is 29.4 Å². The largest absolute Gasteiger partial charge is 0.324 e. The van der Waals surface area contributed by atoms with Crippen LogP contribution in [0.3, 0.4) is 0 Å². The summed E-state index contributed by atoms with van der Waals surface area (Å²) in [5.74, 6) is 4.22. The molecule has 4 unspecified atom stereocenters. The zero-order chi connectivity index (χ0) is 11.3. The number of hydrogen-bond acceptors (Lipinski definition) is 2. The highest BCUT2D eigenvalue weighted by Gasteiger charge is 2.64. The van der Waals surface area contributed by atoms with Gasteiger partial charge >= 0.3 is 0 Å². The molecule has 2 bridgehead atoms.